The molecule has 1 aromatic carbocycles. The van der Waals surface area contributed by atoms with Gasteiger partial charge in [0.25, 0.3) is 5.91 Å². The molecule has 0 saturated carbocycles. The van der Waals surface area contributed by atoms with Gasteiger partial charge in [0.2, 0.25) is 10.0 Å². The third-order valence-corrected chi connectivity index (χ3v) is 3.43. The molecule has 0 saturated heterocycles. The first-order valence-corrected chi connectivity index (χ1v) is 6.87. The average Bonchev–Trinajstić information content (AvgIpc) is 2.84. The topological polar surface area (TPSA) is 118 Å². The van der Waals surface area contributed by atoms with Crippen LogP contribution in [0, 0.1) is 6.92 Å². The lowest BCUT2D eigenvalue weighted by molar-refractivity contribution is 0.102. The molecule has 2 rings (SSSR count). The quantitative estimate of drug-likeness (QED) is 0.763. The average molecular weight is 280 g/mol. The van der Waals surface area contributed by atoms with E-state index in [1.165, 1.54) is 30.5 Å². The lowest BCUT2D eigenvalue weighted by atomic mass is 10.2. The van der Waals surface area contributed by atoms with Crippen molar-refractivity contribution in [3.63, 3.8) is 0 Å². The predicted molar refractivity (Wildman–Crippen MR) is 69.1 cm³/mol. The number of benzene rings is 1. The fourth-order valence-electron chi connectivity index (χ4n) is 1.53. The van der Waals surface area contributed by atoms with Crippen molar-refractivity contribution < 1.29 is 13.2 Å². The van der Waals surface area contributed by atoms with Crippen LogP contribution >= 0.6 is 0 Å². The molecule has 7 nitrogen and oxygen atoms in total. The number of rotatable bonds is 3. The van der Waals surface area contributed by atoms with E-state index < -0.39 is 10.0 Å². The fourth-order valence-corrected chi connectivity index (χ4v) is 2.12. The number of anilines is 1. The number of nitrogens with zero attached hydrogens (tertiary/aromatic N) is 1. The predicted octanol–water partition coefficient (Wildman–Crippen LogP) is 0.618. The van der Waals surface area contributed by atoms with Crippen LogP contribution in [0.5, 0.6) is 0 Å². The second-order valence-corrected chi connectivity index (χ2v) is 5.51. The molecule has 1 amide bonds. The van der Waals surface area contributed by atoms with E-state index in [1.54, 1.807) is 6.92 Å². The molecule has 0 aliphatic carbocycles. The number of hydrogen-bond donors (Lipinski definition) is 3. The maximum absolute atomic E-state index is 11.8. The van der Waals surface area contributed by atoms with Crippen LogP contribution in [0.4, 0.5) is 5.69 Å². The Labute approximate surface area is 109 Å². The number of primary sulfonamides is 1. The van der Waals surface area contributed by atoms with Crippen molar-refractivity contribution in [3.8, 4) is 0 Å². The third kappa shape index (κ3) is 2.98. The minimum atomic E-state index is -3.74. The van der Waals surface area contributed by atoms with Crippen LogP contribution in [0.3, 0.4) is 0 Å². The lowest BCUT2D eigenvalue weighted by Gasteiger charge is -2.08. The summed E-state index contributed by atoms with van der Waals surface area (Å²) in [6.07, 6.45) is 1.46. The summed E-state index contributed by atoms with van der Waals surface area (Å²) >= 11 is 0. The minimum Gasteiger partial charge on any atom is -0.320 e. The van der Waals surface area contributed by atoms with E-state index >= 15 is 0 Å². The van der Waals surface area contributed by atoms with E-state index in [-0.39, 0.29) is 10.8 Å². The van der Waals surface area contributed by atoms with Gasteiger partial charge in [0.1, 0.15) is 5.69 Å². The Hall–Kier alpha value is -2.19. The Kier molecular flexibility index (Phi) is 3.36. The van der Waals surface area contributed by atoms with Crippen LogP contribution < -0.4 is 10.5 Å². The molecule has 0 bridgehead atoms. The van der Waals surface area contributed by atoms with Gasteiger partial charge in [-0.25, -0.2) is 13.6 Å². The summed E-state index contributed by atoms with van der Waals surface area (Å²) in [6, 6.07) is 5.76. The van der Waals surface area contributed by atoms with Gasteiger partial charge in [0.15, 0.2) is 0 Å². The maximum Gasteiger partial charge on any atom is 0.273 e. The number of carbonyl (C=O) groups excluding carboxylic acids is 1. The highest BCUT2D eigenvalue weighted by Crippen LogP contribution is 2.19. The molecule has 4 N–H and O–H groups in total. The van der Waals surface area contributed by atoms with E-state index in [1.807, 2.05) is 0 Å². The summed E-state index contributed by atoms with van der Waals surface area (Å²) in [5.41, 5.74) is 1.42. The van der Waals surface area contributed by atoms with Gasteiger partial charge in [0.05, 0.1) is 4.90 Å². The highest BCUT2D eigenvalue weighted by Gasteiger charge is 2.12. The number of amides is 1. The molecule has 0 spiro atoms. The van der Waals surface area contributed by atoms with Crippen LogP contribution in [0.15, 0.2) is 35.4 Å². The number of aromatic amines is 1. The van der Waals surface area contributed by atoms with Crippen molar-refractivity contribution in [1.29, 1.82) is 0 Å². The molecule has 0 radical (unpaired) electrons. The molecule has 1 aromatic heterocycles. The first-order valence-electron chi connectivity index (χ1n) is 5.32. The number of hydrogen-bond acceptors (Lipinski definition) is 4. The first kappa shape index (κ1) is 13.2. The SMILES string of the molecule is Cc1cc(S(N)(=O)=O)ccc1NC(=O)c1ccn[nH]1. The largest absolute Gasteiger partial charge is 0.320 e. The first-order chi connectivity index (χ1) is 8.88. The Bertz CT molecular complexity index is 708. The molecular formula is C11H12N4O3S. The Morgan fingerprint density at radius 1 is 1.37 bits per heavy atom. The second kappa shape index (κ2) is 4.82. The Morgan fingerprint density at radius 3 is 2.63 bits per heavy atom. The van der Waals surface area contributed by atoms with Crippen LogP contribution in [0.1, 0.15) is 16.1 Å². The van der Waals surface area contributed by atoms with Crippen molar-refractivity contribution in [2.45, 2.75) is 11.8 Å². The third-order valence-electron chi connectivity index (χ3n) is 2.52. The highest BCUT2D eigenvalue weighted by atomic mass is 32.2. The summed E-state index contributed by atoms with van der Waals surface area (Å²) in [6.45, 7) is 1.68. The van der Waals surface area contributed by atoms with E-state index in [2.05, 4.69) is 15.5 Å². The smallest absolute Gasteiger partial charge is 0.273 e. The molecular weight excluding hydrogens is 268 g/mol. The molecule has 1 heterocycles. The maximum atomic E-state index is 11.8. The van der Waals surface area contributed by atoms with Gasteiger partial charge in [-0.2, -0.15) is 5.10 Å². The second-order valence-electron chi connectivity index (χ2n) is 3.95. The minimum absolute atomic E-state index is 0.00420. The Morgan fingerprint density at radius 2 is 2.11 bits per heavy atom. The summed E-state index contributed by atoms with van der Waals surface area (Å²) in [4.78, 5) is 11.8. The van der Waals surface area contributed by atoms with E-state index in [4.69, 9.17) is 5.14 Å². The number of carbonyl (C=O) groups is 1. The number of nitrogens with two attached hydrogens (primary N) is 1. The highest BCUT2D eigenvalue weighted by molar-refractivity contribution is 7.89. The summed E-state index contributed by atoms with van der Waals surface area (Å²) in [5, 5.41) is 13.9. The molecule has 19 heavy (non-hydrogen) atoms. The molecule has 0 aliphatic rings. The normalized spacial score (nSPS) is 11.3. The van der Waals surface area contributed by atoms with Crippen LogP contribution in [0.2, 0.25) is 0 Å². The monoisotopic (exact) mass is 280 g/mol. The molecule has 2 aromatic rings. The van der Waals surface area contributed by atoms with Crippen molar-refractivity contribution in [1.82, 2.24) is 10.2 Å². The van der Waals surface area contributed by atoms with Crippen LogP contribution in [0.25, 0.3) is 0 Å². The van der Waals surface area contributed by atoms with Crippen LogP contribution in [-0.2, 0) is 10.0 Å². The zero-order valence-electron chi connectivity index (χ0n) is 10.0. The molecule has 8 heteroatoms. The van der Waals surface area contributed by atoms with Crippen molar-refractivity contribution >= 4 is 21.6 Å². The molecule has 0 unspecified atom stereocenters. The van der Waals surface area contributed by atoms with Gasteiger partial charge in [-0.1, -0.05) is 0 Å². The molecule has 0 aliphatic heterocycles. The summed E-state index contributed by atoms with van der Waals surface area (Å²) in [7, 11) is -3.74. The standard InChI is InChI=1S/C11H12N4O3S/c1-7-6-8(19(12,17)18)2-3-9(7)14-11(16)10-4-5-13-15-10/h2-6H,1H3,(H,13,15)(H,14,16)(H2,12,17,18). The van der Waals surface area contributed by atoms with Crippen molar-refractivity contribution in [2.24, 2.45) is 5.14 Å². The number of aryl methyl sites for hydroxylation is 1. The number of aromatic nitrogens is 2. The molecule has 0 fully saturated rings. The van der Waals surface area contributed by atoms with Crippen LogP contribution in [-0.4, -0.2) is 24.5 Å². The summed E-state index contributed by atoms with van der Waals surface area (Å²) in [5.74, 6) is -0.357. The number of H-pyrrole nitrogens is 1. The number of nitrogens with one attached hydrogen (secondary N) is 2. The van der Waals surface area contributed by atoms with Crippen molar-refractivity contribution in [3.05, 3.63) is 41.7 Å². The fraction of sp³-hybridized carbons (Fsp3) is 0.0909. The zero-order chi connectivity index (χ0) is 14.0. The van der Waals surface area contributed by atoms with Gasteiger partial charge in [-0.3, -0.25) is 9.89 Å². The van der Waals surface area contributed by atoms with Gasteiger partial charge >= 0.3 is 0 Å². The molecule has 100 valence electrons. The van der Waals surface area contributed by atoms with Gasteiger partial charge in [-0.15, -0.1) is 0 Å². The summed E-state index contributed by atoms with van der Waals surface area (Å²) < 4.78 is 22.4. The van der Waals surface area contributed by atoms with E-state index in [0.29, 0.717) is 16.9 Å². The Balaban J connectivity index is 2.25. The van der Waals surface area contributed by atoms with Gasteiger partial charge in [0, 0.05) is 11.9 Å². The molecule has 0 atom stereocenters. The van der Waals surface area contributed by atoms with E-state index in [9.17, 15) is 13.2 Å². The van der Waals surface area contributed by atoms with Crippen molar-refractivity contribution in [2.75, 3.05) is 5.32 Å². The zero-order valence-corrected chi connectivity index (χ0v) is 10.9. The van der Waals surface area contributed by atoms with Gasteiger partial charge < -0.3 is 5.32 Å². The lowest BCUT2D eigenvalue weighted by Crippen LogP contribution is -2.15. The van der Waals surface area contributed by atoms with E-state index in [0.717, 1.165) is 0 Å². The van der Waals surface area contributed by atoms with Gasteiger partial charge in [-0.05, 0) is 36.8 Å². The number of sulfonamides is 1.